The van der Waals surface area contributed by atoms with Gasteiger partial charge >= 0.3 is 0 Å². The van der Waals surface area contributed by atoms with Crippen molar-refractivity contribution in [1.82, 2.24) is 5.32 Å². The van der Waals surface area contributed by atoms with E-state index < -0.39 is 0 Å². The molecule has 0 fully saturated rings. The van der Waals surface area contributed by atoms with Crippen LogP contribution in [0.5, 0.6) is 0 Å². The molecular weight excluding hydrogens is 266 g/mol. The zero-order chi connectivity index (χ0) is 15.4. The van der Waals surface area contributed by atoms with Crippen molar-refractivity contribution in [2.75, 3.05) is 0 Å². The Balaban J connectivity index is 2.57. The fourth-order valence-electron chi connectivity index (χ4n) is 2.72. The Kier molecular flexibility index (Phi) is 5.69. The monoisotopic (exact) mass is 293 g/mol. The summed E-state index contributed by atoms with van der Waals surface area (Å²) in [6.07, 6.45) is 1.58. The van der Waals surface area contributed by atoms with Gasteiger partial charge in [0.25, 0.3) is 0 Å². The number of benzene rings is 1. The Morgan fingerprint density at radius 1 is 1.15 bits per heavy atom. The van der Waals surface area contributed by atoms with Crippen LogP contribution >= 0.6 is 12.6 Å². The lowest BCUT2D eigenvalue weighted by Gasteiger charge is -2.34. The molecule has 1 amide bonds. The maximum Gasteiger partial charge on any atom is 0.233 e. The maximum absolute atomic E-state index is 12.3. The van der Waals surface area contributed by atoms with Crippen LogP contribution in [-0.4, -0.2) is 16.7 Å². The molecule has 1 aromatic rings. The average molecular weight is 293 g/mol. The highest BCUT2D eigenvalue weighted by Gasteiger charge is 2.28. The predicted octanol–water partition coefficient (Wildman–Crippen LogP) is 3.86. The molecule has 112 valence electrons. The Labute approximate surface area is 128 Å². The smallest absolute Gasteiger partial charge is 0.233 e. The Hall–Kier alpha value is -0.960. The molecule has 3 heteroatoms. The van der Waals surface area contributed by atoms with Crippen LogP contribution in [0.25, 0.3) is 0 Å². The van der Waals surface area contributed by atoms with Crippen molar-refractivity contribution in [3.8, 4) is 0 Å². The molecule has 1 aromatic carbocycles. The van der Waals surface area contributed by atoms with Gasteiger partial charge in [0.05, 0.1) is 5.25 Å². The number of amides is 1. The highest BCUT2D eigenvalue weighted by molar-refractivity contribution is 7.81. The molecule has 0 bridgehead atoms. The van der Waals surface area contributed by atoms with E-state index in [9.17, 15) is 4.79 Å². The van der Waals surface area contributed by atoms with Gasteiger partial charge in [-0.3, -0.25) is 4.79 Å². The second kappa shape index (κ2) is 6.66. The van der Waals surface area contributed by atoms with Gasteiger partial charge in [0.15, 0.2) is 0 Å². The lowest BCUT2D eigenvalue weighted by Crippen LogP contribution is -2.48. The van der Waals surface area contributed by atoms with Crippen molar-refractivity contribution in [2.45, 2.75) is 58.2 Å². The molecule has 0 heterocycles. The molecule has 0 aliphatic carbocycles. The van der Waals surface area contributed by atoms with E-state index in [2.05, 4.69) is 52.6 Å². The minimum atomic E-state index is -0.309. The van der Waals surface area contributed by atoms with Gasteiger partial charge in [-0.2, -0.15) is 12.6 Å². The number of hydrogen-bond donors (Lipinski definition) is 2. The number of rotatable bonds is 5. The molecule has 1 rings (SSSR count). The van der Waals surface area contributed by atoms with Crippen LogP contribution in [0, 0.1) is 5.41 Å². The summed E-state index contributed by atoms with van der Waals surface area (Å²) in [5.74, 6) is 0.00596. The number of carbonyl (C=O) groups excluding carboxylic acids is 1. The molecule has 0 radical (unpaired) electrons. The molecule has 20 heavy (non-hydrogen) atoms. The first-order chi connectivity index (χ1) is 9.09. The fourth-order valence-corrected chi connectivity index (χ4v) is 2.99. The summed E-state index contributed by atoms with van der Waals surface area (Å²) >= 11 is 4.45. The van der Waals surface area contributed by atoms with Crippen LogP contribution in [-0.2, 0) is 11.2 Å². The standard InChI is InChI=1S/C17H27NOS/c1-16(2,3)12-17(4,5)18-15(19)14(20)11-13-9-7-6-8-10-13/h6-10,14,20H,11-12H2,1-5H3,(H,18,19). The van der Waals surface area contributed by atoms with Gasteiger partial charge in [-0.15, -0.1) is 0 Å². The molecule has 0 spiro atoms. The second-order valence-corrected chi connectivity index (χ2v) is 7.94. The largest absolute Gasteiger partial charge is 0.350 e. The van der Waals surface area contributed by atoms with Gasteiger partial charge in [-0.05, 0) is 37.7 Å². The number of carbonyl (C=O) groups is 1. The molecule has 1 N–H and O–H groups in total. The number of thiol groups is 1. The first kappa shape index (κ1) is 17.1. The van der Waals surface area contributed by atoms with E-state index in [1.165, 1.54) is 0 Å². The van der Waals surface area contributed by atoms with Gasteiger partial charge in [0.2, 0.25) is 5.91 Å². The van der Waals surface area contributed by atoms with Gasteiger partial charge < -0.3 is 5.32 Å². The lowest BCUT2D eigenvalue weighted by atomic mass is 9.81. The minimum absolute atomic E-state index is 0.00596. The first-order valence-corrected chi connectivity index (χ1v) is 7.65. The Morgan fingerprint density at radius 2 is 1.70 bits per heavy atom. The van der Waals surface area contributed by atoms with Gasteiger partial charge in [0.1, 0.15) is 0 Å². The first-order valence-electron chi connectivity index (χ1n) is 7.13. The van der Waals surface area contributed by atoms with Gasteiger partial charge in [-0.1, -0.05) is 51.1 Å². The van der Waals surface area contributed by atoms with E-state index in [4.69, 9.17) is 0 Å². The third-order valence-corrected chi connectivity index (χ3v) is 3.43. The van der Waals surface area contributed by atoms with Crippen LogP contribution in [0.2, 0.25) is 0 Å². The highest BCUT2D eigenvalue weighted by atomic mass is 32.1. The third kappa shape index (κ3) is 6.47. The summed E-state index contributed by atoms with van der Waals surface area (Å²) in [4.78, 5) is 12.3. The van der Waals surface area contributed by atoms with Crippen LogP contribution < -0.4 is 5.32 Å². The second-order valence-electron chi connectivity index (χ2n) is 7.32. The molecule has 0 saturated heterocycles. The zero-order valence-corrected chi connectivity index (χ0v) is 14.1. The number of hydrogen-bond acceptors (Lipinski definition) is 2. The normalized spacial score (nSPS) is 13.9. The molecule has 0 saturated carbocycles. The van der Waals surface area contributed by atoms with Crippen molar-refractivity contribution < 1.29 is 4.79 Å². The van der Waals surface area contributed by atoms with Crippen molar-refractivity contribution in [3.63, 3.8) is 0 Å². The molecule has 2 nitrogen and oxygen atoms in total. The van der Waals surface area contributed by atoms with Gasteiger partial charge in [0, 0.05) is 5.54 Å². The van der Waals surface area contributed by atoms with Gasteiger partial charge in [-0.25, -0.2) is 0 Å². The maximum atomic E-state index is 12.3. The zero-order valence-electron chi connectivity index (χ0n) is 13.2. The predicted molar refractivity (Wildman–Crippen MR) is 89.2 cm³/mol. The Bertz CT molecular complexity index is 434. The lowest BCUT2D eigenvalue weighted by molar-refractivity contribution is -0.122. The van der Waals surface area contributed by atoms with Crippen molar-refractivity contribution >= 4 is 18.5 Å². The van der Waals surface area contributed by atoms with Crippen molar-refractivity contribution in [2.24, 2.45) is 5.41 Å². The highest BCUT2D eigenvalue weighted by Crippen LogP contribution is 2.27. The molecule has 1 atom stereocenters. The summed E-state index contributed by atoms with van der Waals surface area (Å²) < 4.78 is 0. The Morgan fingerprint density at radius 3 is 2.20 bits per heavy atom. The summed E-state index contributed by atoms with van der Waals surface area (Å²) in [6, 6.07) is 9.99. The summed E-state index contributed by atoms with van der Waals surface area (Å²) in [6.45, 7) is 10.7. The third-order valence-electron chi connectivity index (χ3n) is 3.01. The van der Waals surface area contributed by atoms with E-state index in [-0.39, 0.29) is 22.1 Å². The minimum Gasteiger partial charge on any atom is -0.350 e. The molecule has 1 unspecified atom stereocenters. The van der Waals surface area contributed by atoms with Crippen molar-refractivity contribution in [1.29, 1.82) is 0 Å². The summed E-state index contributed by atoms with van der Waals surface area (Å²) in [5.41, 5.74) is 1.10. The fraction of sp³-hybridized carbons (Fsp3) is 0.588. The molecular formula is C17H27NOS. The van der Waals surface area contributed by atoms with E-state index in [1.54, 1.807) is 0 Å². The van der Waals surface area contributed by atoms with Crippen LogP contribution in [0.1, 0.15) is 46.6 Å². The van der Waals surface area contributed by atoms with Crippen LogP contribution in [0.3, 0.4) is 0 Å². The van der Waals surface area contributed by atoms with E-state index in [0.717, 1.165) is 12.0 Å². The molecule has 0 aromatic heterocycles. The number of nitrogens with one attached hydrogen (secondary N) is 1. The summed E-state index contributed by atoms with van der Waals surface area (Å²) in [5, 5.41) is 2.81. The average Bonchev–Trinajstić information content (AvgIpc) is 2.26. The van der Waals surface area contributed by atoms with E-state index in [1.807, 2.05) is 30.3 Å². The molecule has 0 aliphatic rings. The van der Waals surface area contributed by atoms with E-state index >= 15 is 0 Å². The van der Waals surface area contributed by atoms with Crippen LogP contribution in [0.15, 0.2) is 30.3 Å². The topological polar surface area (TPSA) is 29.1 Å². The van der Waals surface area contributed by atoms with E-state index in [0.29, 0.717) is 6.42 Å². The summed E-state index contributed by atoms with van der Waals surface area (Å²) in [7, 11) is 0. The SMILES string of the molecule is CC(C)(C)CC(C)(C)NC(=O)C(S)Cc1ccccc1. The van der Waals surface area contributed by atoms with Crippen molar-refractivity contribution in [3.05, 3.63) is 35.9 Å². The quantitative estimate of drug-likeness (QED) is 0.793. The van der Waals surface area contributed by atoms with Crippen LogP contribution in [0.4, 0.5) is 0 Å². The molecule has 0 aliphatic heterocycles.